The first-order valence-electron chi connectivity index (χ1n) is 14.0. The summed E-state index contributed by atoms with van der Waals surface area (Å²) in [5.41, 5.74) is -1.89. The lowest BCUT2D eigenvalue weighted by atomic mass is 9.97. The standard InChI is InChI=1S/C33H32O11/c1-32(2,22(34)16-40-30-26-20(10-12-38-26)14-18-6-8-24(35)42-28(18)30)44-23(33(3,4)37-5)17-41-31-27-21(11-13-39-27)15-19-7-9-25(36)43-29(19)31/h6-15,22-23,34H,16-17H2,1-5H3/t22-,23-/m1/s1. The predicted octanol–water partition coefficient (Wildman–Crippen LogP) is 5.80. The van der Waals surface area contributed by atoms with Crippen LogP contribution >= 0.6 is 0 Å². The Bertz CT molecular complexity index is 2070. The summed E-state index contributed by atoms with van der Waals surface area (Å²) >= 11 is 0. The molecule has 4 heterocycles. The van der Waals surface area contributed by atoms with Crippen LogP contribution in [0, 0.1) is 0 Å². The van der Waals surface area contributed by atoms with E-state index in [-0.39, 0.29) is 35.9 Å². The third-order valence-corrected chi connectivity index (χ3v) is 7.88. The van der Waals surface area contributed by atoms with Gasteiger partial charge < -0.3 is 41.7 Å². The molecule has 1 N–H and O–H groups in total. The summed E-state index contributed by atoms with van der Waals surface area (Å²) in [4.78, 5) is 24.0. The molecule has 2 aromatic carbocycles. The molecule has 0 saturated carbocycles. The average molecular weight is 605 g/mol. The molecule has 0 aliphatic rings. The molecule has 6 aromatic rings. The first-order chi connectivity index (χ1) is 21.0. The zero-order chi connectivity index (χ0) is 31.2. The van der Waals surface area contributed by atoms with Gasteiger partial charge >= 0.3 is 11.3 Å². The number of aliphatic hydroxyl groups excluding tert-OH is 1. The summed E-state index contributed by atoms with van der Waals surface area (Å²) in [5.74, 6) is 0.453. The third kappa shape index (κ3) is 5.45. The van der Waals surface area contributed by atoms with Crippen LogP contribution in [-0.4, -0.2) is 48.8 Å². The van der Waals surface area contributed by atoms with E-state index >= 15 is 0 Å². The van der Waals surface area contributed by atoms with Crippen LogP contribution in [0.3, 0.4) is 0 Å². The minimum Gasteiger partial charge on any atom is -0.483 e. The number of aliphatic hydroxyl groups is 1. The van der Waals surface area contributed by atoms with Crippen molar-refractivity contribution in [3.8, 4) is 11.5 Å². The van der Waals surface area contributed by atoms with Crippen molar-refractivity contribution >= 4 is 43.9 Å². The fraction of sp³-hybridized carbons (Fsp3) is 0.333. The number of methoxy groups -OCH3 is 1. The Balaban J connectivity index is 1.25. The number of furan rings is 2. The highest BCUT2D eigenvalue weighted by molar-refractivity contribution is 6.00. The molecule has 0 amide bonds. The smallest absolute Gasteiger partial charge is 0.336 e. The molecular formula is C33H32O11. The molecule has 44 heavy (non-hydrogen) atoms. The minimum absolute atomic E-state index is 0.0487. The molecule has 0 fully saturated rings. The van der Waals surface area contributed by atoms with Crippen LogP contribution in [0.15, 0.2) is 88.3 Å². The monoisotopic (exact) mass is 604 g/mol. The molecule has 0 aliphatic carbocycles. The molecule has 0 aliphatic heterocycles. The minimum atomic E-state index is -1.19. The maximum atomic E-state index is 12.1. The number of ether oxygens (including phenoxy) is 4. The lowest BCUT2D eigenvalue weighted by Gasteiger charge is -2.40. The van der Waals surface area contributed by atoms with Gasteiger partial charge in [-0.1, -0.05) is 0 Å². The van der Waals surface area contributed by atoms with Crippen LogP contribution in [-0.2, 0) is 9.47 Å². The van der Waals surface area contributed by atoms with Gasteiger partial charge in [-0.2, -0.15) is 0 Å². The Kier molecular flexibility index (Phi) is 7.48. The van der Waals surface area contributed by atoms with Gasteiger partial charge in [-0.05, 0) is 64.1 Å². The lowest BCUT2D eigenvalue weighted by Crippen LogP contribution is -2.53. The van der Waals surface area contributed by atoms with Crippen molar-refractivity contribution in [3.63, 3.8) is 0 Å². The van der Waals surface area contributed by atoms with Gasteiger partial charge in [0.25, 0.3) is 0 Å². The molecule has 6 rings (SSSR count). The van der Waals surface area contributed by atoms with E-state index in [0.717, 1.165) is 10.8 Å². The third-order valence-electron chi connectivity index (χ3n) is 7.88. The molecule has 0 bridgehead atoms. The van der Waals surface area contributed by atoms with Crippen molar-refractivity contribution in [3.05, 3.63) is 81.9 Å². The quantitative estimate of drug-likeness (QED) is 0.179. The van der Waals surface area contributed by atoms with Crippen molar-refractivity contribution in [1.29, 1.82) is 0 Å². The molecule has 4 aromatic heterocycles. The van der Waals surface area contributed by atoms with Gasteiger partial charge in [0.1, 0.15) is 25.4 Å². The molecule has 0 unspecified atom stereocenters. The summed E-state index contributed by atoms with van der Waals surface area (Å²) in [6.07, 6.45) is 1.13. The SMILES string of the molecule is COC(C)(C)[C@@H](COc1c2occc2cc2ccc(=O)oc12)OC(C)(C)[C@H](O)COc1c2occc2cc2ccc(=O)oc12. The van der Waals surface area contributed by atoms with E-state index in [2.05, 4.69) is 0 Å². The number of benzene rings is 2. The maximum Gasteiger partial charge on any atom is 0.336 e. The number of hydrogen-bond donors (Lipinski definition) is 1. The topological polar surface area (TPSA) is 144 Å². The second kappa shape index (κ2) is 11.2. The van der Waals surface area contributed by atoms with E-state index < -0.39 is 34.7 Å². The highest BCUT2D eigenvalue weighted by Gasteiger charge is 2.40. The Morgan fingerprint density at radius 1 is 0.682 bits per heavy atom. The van der Waals surface area contributed by atoms with Crippen LogP contribution < -0.4 is 20.7 Å². The van der Waals surface area contributed by atoms with Crippen LogP contribution in [0.5, 0.6) is 11.5 Å². The van der Waals surface area contributed by atoms with E-state index in [4.69, 9.17) is 36.6 Å². The van der Waals surface area contributed by atoms with E-state index in [9.17, 15) is 14.7 Å². The Morgan fingerprint density at radius 2 is 1.16 bits per heavy atom. The predicted molar refractivity (Wildman–Crippen MR) is 162 cm³/mol. The summed E-state index contributed by atoms with van der Waals surface area (Å²) < 4.78 is 46.7. The first kappa shape index (κ1) is 29.5. The van der Waals surface area contributed by atoms with Gasteiger partial charge in [0.2, 0.25) is 11.5 Å². The van der Waals surface area contributed by atoms with Crippen LogP contribution in [0.4, 0.5) is 0 Å². The Labute approximate surface area is 250 Å². The van der Waals surface area contributed by atoms with Crippen LogP contribution in [0.25, 0.3) is 43.9 Å². The van der Waals surface area contributed by atoms with Gasteiger partial charge in [-0.25, -0.2) is 9.59 Å². The molecular weight excluding hydrogens is 572 g/mol. The largest absolute Gasteiger partial charge is 0.483 e. The van der Waals surface area contributed by atoms with E-state index in [1.165, 1.54) is 24.7 Å². The summed E-state index contributed by atoms with van der Waals surface area (Å²) in [7, 11) is 1.55. The second-order valence-corrected chi connectivity index (χ2v) is 11.6. The maximum absolute atomic E-state index is 12.1. The Hall–Kier alpha value is -4.58. The first-order valence-corrected chi connectivity index (χ1v) is 14.0. The highest BCUT2D eigenvalue weighted by Crippen LogP contribution is 2.37. The van der Waals surface area contributed by atoms with Gasteiger partial charge in [0, 0.05) is 40.8 Å². The summed E-state index contributed by atoms with van der Waals surface area (Å²) in [6.45, 7) is 6.82. The Morgan fingerprint density at radius 3 is 1.66 bits per heavy atom. The summed E-state index contributed by atoms with van der Waals surface area (Å²) in [5, 5.41) is 14.2. The van der Waals surface area contributed by atoms with Crippen molar-refractivity contribution < 1.29 is 41.7 Å². The highest BCUT2D eigenvalue weighted by atomic mass is 16.6. The van der Waals surface area contributed by atoms with Gasteiger partial charge in [-0.3, -0.25) is 0 Å². The lowest BCUT2D eigenvalue weighted by molar-refractivity contribution is -0.204. The zero-order valence-corrected chi connectivity index (χ0v) is 24.9. The molecule has 0 spiro atoms. The van der Waals surface area contributed by atoms with E-state index in [1.54, 1.807) is 45.2 Å². The normalized spacial score (nSPS) is 14.0. The van der Waals surface area contributed by atoms with E-state index in [1.807, 2.05) is 26.0 Å². The van der Waals surface area contributed by atoms with Crippen LogP contribution in [0.1, 0.15) is 27.7 Å². The van der Waals surface area contributed by atoms with Crippen molar-refractivity contribution in [2.45, 2.75) is 51.1 Å². The van der Waals surface area contributed by atoms with Crippen molar-refractivity contribution in [2.24, 2.45) is 0 Å². The second-order valence-electron chi connectivity index (χ2n) is 11.6. The molecule has 2 atom stereocenters. The van der Waals surface area contributed by atoms with Gasteiger partial charge in [0.05, 0.1) is 23.7 Å². The average Bonchev–Trinajstić information content (AvgIpc) is 3.66. The molecule has 0 radical (unpaired) electrons. The number of rotatable bonds is 11. The van der Waals surface area contributed by atoms with Crippen molar-refractivity contribution in [2.75, 3.05) is 20.3 Å². The number of fused-ring (bicyclic) bond motifs is 4. The van der Waals surface area contributed by atoms with Crippen molar-refractivity contribution in [1.82, 2.24) is 0 Å². The van der Waals surface area contributed by atoms with Gasteiger partial charge in [0.15, 0.2) is 22.3 Å². The van der Waals surface area contributed by atoms with E-state index in [0.29, 0.717) is 21.9 Å². The molecule has 11 nitrogen and oxygen atoms in total. The fourth-order valence-electron chi connectivity index (χ4n) is 4.95. The molecule has 0 saturated heterocycles. The summed E-state index contributed by atoms with van der Waals surface area (Å²) in [6, 6.07) is 13.2. The number of hydrogen-bond acceptors (Lipinski definition) is 11. The molecule has 11 heteroatoms. The molecule has 230 valence electrons. The zero-order valence-electron chi connectivity index (χ0n) is 24.9. The van der Waals surface area contributed by atoms with Crippen LogP contribution in [0.2, 0.25) is 0 Å². The fourth-order valence-corrected chi connectivity index (χ4v) is 4.95. The van der Waals surface area contributed by atoms with Gasteiger partial charge in [-0.15, -0.1) is 0 Å².